The minimum atomic E-state index is -4.38. The van der Waals surface area contributed by atoms with Gasteiger partial charge in [-0.1, -0.05) is 11.6 Å². The summed E-state index contributed by atoms with van der Waals surface area (Å²) in [6.07, 6.45) is 0.333. The van der Waals surface area contributed by atoms with Crippen LogP contribution in [-0.4, -0.2) is 48.8 Å². The molecule has 1 aromatic rings. The van der Waals surface area contributed by atoms with Gasteiger partial charge in [-0.25, -0.2) is 0 Å². The fourth-order valence-electron chi connectivity index (χ4n) is 0.829. The third-order valence-corrected chi connectivity index (χ3v) is 2.52. The molecule has 0 saturated carbocycles. The molecule has 4 nitrogen and oxygen atoms in total. The molecule has 1 N–H and O–H groups in total. The fraction of sp³-hybridized carbons (Fsp3) is 0. The second-order valence-corrected chi connectivity index (χ2v) is 4.10. The van der Waals surface area contributed by atoms with Gasteiger partial charge in [0, 0.05) is 10.6 Å². The van der Waals surface area contributed by atoms with Gasteiger partial charge in [0.1, 0.15) is 4.90 Å². The van der Waals surface area contributed by atoms with Crippen LogP contribution in [-0.2, 0) is 10.1 Å². The van der Waals surface area contributed by atoms with Crippen molar-refractivity contribution in [3.8, 4) is 0 Å². The van der Waals surface area contributed by atoms with Crippen LogP contribution < -0.4 is 0 Å². The van der Waals surface area contributed by atoms with E-state index in [4.69, 9.17) is 16.2 Å². The molecule has 0 saturated heterocycles. The summed E-state index contributed by atoms with van der Waals surface area (Å²) in [4.78, 5) is 9.89. The first-order chi connectivity index (χ1) is 5.95. The number of carbonyl (C=O) groups excluding carboxylic acids is 1. The Kier molecular flexibility index (Phi) is 5.28. The first-order valence-electron chi connectivity index (χ1n) is 3.17. The summed E-state index contributed by atoms with van der Waals surface area (Å²) in [6, 6.07) is 3.60. The Morgan fingerprint density at radius 2 is 1.93 bits per heavy atom. The molecule has 0 aliphatic heterocycles. The van der Waals surface area contributed by atoms with Gasteiger partial charge >= 0.3 is 29.6 Å². The minimum absolute atomic E-state index is 0. The molecule has 0 aliphatic rings. The summed E-state index contributed by atoms with van der Waals surface area (Å²) in [5.41, 5.74) is -0.119. The number of halogens is 1. The second-order valence-electron chi connectivity index (χ2n) is 2.28. The third kappa shape index (κ3) is 3.34. The van der Waals surface area contributed by atoms with Crippen molar-refractivity contribution in [2.75, 3.05) is 0 Å². The first kappa shape index (κ1) is 14.1. The molecule has 0 radical (unpaired) electrons. The first-order valence-corrected chi connectivity index (χ1v) is 4.99. The number of carbonyl (C=O) groups is 1. The molecule has 0 unspecified atom stereocenters. The predicted octanol–water partition coefficient (Wildman–Crippen LogP) is 0.751. The summed E-state index contributed by atoms with van der Waals surface area (Å²) in [5.74, 6) is 0. The topological polar surface area (TPSA) is 71.4 Å². The molecular weight excluding hydrogens is 239 g/mol. The van der Waals surface area contributed by atoms with Crippen LogP contribution in [0.2, 0.25) is 5.02 Å². The number of rotatable bonds is 2. The Morgan fingerprint density at radius 1 is 1.36 bits per heavy atom. The maximum absolute atomic E-state index is 10.7. The normalized spacial score (nSPS) is 10.4. The Labute approximate surface area is 108 Å². The Morgan fingerprint density at radius 3 is 2.36 bits per heavy atom. The van der Waals surface area contributed by atoms with Gasteiger partial charge in [0.15, 0.2) is 6.29 Å². The maximum atomic E-state index is 10.7. The summed E-state index contributed by atoms with van der Waals surface area (Å²) >= 11 is 5.49. The van der Waals surface area contributed by atoms with Crippen molar-refractivity contribution in [3.63, 3.8) is 0 Å². The number of benzene rings is 1. The van der Waals surface area contributed by atoms with Gasteiger partial charge in [-0.05, 0) is 18.2 Å². The molecule has 1 aromatic carbocycles. The van der Waals surface area contributed by atoms with Gasteiger partial charge in [-0.2, -0.15) is 8.42 Å². The second kappa shape index (κ2) is 5.25. The summed E-state index contributed by atoms with van der Waals surface area (Å²) in [6.45, 7) is 0. The Balaban J connectivity index is 0.00000169. The molecule has 0 spiro atoms. The standard InChI is InChI=1S/C7H5ClO4S.Na.H/c8-6-2-1-5(4-9)7(3-6)13(10,11)12;;/h1-4H,(H,10,11,12);;. The Hall–Kier alpha value is 0.0900. The molecule has 72 valence electrons. The zero-order chi connectivity index (χ0) is 10.1. The molecule has 0 bridgehead atoms. The van der Waals surface area contributed by atoms with Crippen molar-refractivity contribution in [2.45, 2.75) is 4.90 Å². The third-order valence-electron chi connectivity index (χ3n) is 1.38. The van der Waals surface area contributed by atoms with Crippen LogP contribution in [0, 0.1) is 0 Å². The molecule has 0 amide bonds. The molecule has 7 heteroatoms. The molecular formula is C7H6ClNaO4S. The van der Waals surface area contributed by atoms with E-state index in [1.165, 1.54) is 12.1 Å². The van der Waals surface area contributed by atoms with Crippen LogP contribution >= 0.6 is 11.6 Å². The van der Waals surface area contributed by atoms with Gasteiger partial charge in [0.05, 0.1) is 0 Å². The van der Waals surface area contributed by atoms with Gasteiger partial charge in [0.25, 0.3) is 10.1 Å². The van der Waals surface area contributed by atoms with E-state index in [-0.39, 0.29) is 40.1 Å². The molecule has 0 aromatic heterocycles. The van der Waals surface area contributed by atoms with Gasteiger partial charge in [-0.3, -0.25) is 9.35 Å². The van der Waals surface area contributed by atoms with E-state index >= 15 is 0 Å². The SMILES string of the molecule is O=Cc1ccc(Cl)cc1S(=O)(=O)O.[NaH]. The molecule has 0 heterocycles. The monoisotopic (exact) mass is 244 g/mol. The van der Waals surface area contributed by atoms with E-state index in [1.54, 1.807) is 0 Å². The van der Waals surface area contributed by atoms with E-state index in [1.807, 2.05) is 0 Å². The molecule has 0 aliphatic carbocycles. The van der Waals surface area contributed by atoms with Crippen LogP contribution in [0.25, 0.3) is 0 Å². The van der Waals surface area contributed by atoms with Crippen LogP contribution in [0.4, 0.5) is 0 Å². The number of hydrogen-bond donors (Lipinski definition) is 1. The van der Waals surface area contributed by atoms with Crippen LogP contribution in [0.5, 0.6) is 0 Å². The van der Waals surface area contributed by atoms with E-state index in [9.17, 15) is 13.2 Å². The molecule has 0 fully saturated rings. The average Bonchev–Trinajstić information content (AvgIpc) is 2.03. The van der Waals surface area contributed by atoms with Crippen molar-refractivity contribution < 1.29 is 17.8 Å². The Bertz CT molecular complexity index is 443. The van der Waals surface area contributed by atoms with E-state index < -0.39 is 15.0 Å². The van der Waals surface area contributed by atoms with Crippen molar-refractivity contribution in [1.29, 1.82) is 0 Å². The van der Waals surface area contributed by atoms with Gasteiger partial charge in [-0.15, -0.1) is 0 Å². The summed E-state index contributed by atoms with van der Waals surface area (Å²) in [5, 5.41) is 0.137. The summed E-state index contributed by atoms with van der Waals surface area (Å²) < 4.78 is 30.1. The van der Waals surface area contributed by atoms with Crippen molar-refractivity contribution in [1.82, 2.24) is 0 Å². The van der Waals surface area contributed by atoms with Crippen molar-refractivity contribution in [2.24, 2.45) is 0 Å². The fourth-order valence-corrected chi connectivity index (χ4v) is 1.76. The van der Waals surface area contributed by atoms with E-state index in [0.717, 1.165) is 6.07 Å². The van der Waals surface area contributed by atoms with Crippen molar-refractivity contribution in [3.05, 3.63) is 28.8 Å². The predicted molar refractivity (Wildman–Crippen MR) is 53.8 cm³/mol. The average molecular weight is 245 g/mol. The van der Waals surface area contributed by atoms with Gasteiger partial charge < -0.3 is 0 Å². The van der Waals surface area contributed by atoms with Crippen molar-refractivity contribution >= 4 is 57.6 Å². The van der Waals surface area contributed by atoms with E-state index in [2.05, 4.69) is 0 Å². The summed E-state index contributed by atoms with van der Waals surface area (Å²) in [7, 11) is -4.38. The molecule has 1 rings (SSSR count). The molecule has 14 heavy (non-hydrogen) atoms. The van der Waals surface area contributed by atoms with E-state index in [0.29, 0.717) is 6.29 Å². The zero-order valence-corrected chi connectivity index (χ0v) is 7.84. The zero-order valence-electron chi connectivity index (χ0n) is 6.27. The number of aldehydes is 1. The van der Waals surface area contributed by atoms with Crippen LogP contribution in [0.1, 0.15) is 10.4 Å². The quantitative estimate of drug-likeness (QED) is 0.473. The van der Waals surface area contributed by atoms with Crippen LogP contribution in [0.3, 0.4) is 0 Å². The van der Waals surface area contributed by atoms with Crippen LogP contribution in [0.15, 0.2) is 23.1 Å². The number of hydrogen-bond acceptors (Lipinski definition) is 3. The molecule has 0 atom stereocenters. The van der Waals surface area contributed by atoms with Gasteiger partial charge in [0.2, 0.25) is 0 Å².